The molecule has 1 saturated heterocycles. The number of carbonyl (C=O) groups is 2. The summed E-state index contributed by atoms with van der Waals surface area (Å²) in [6, 6.07) is 15.9. The molecule has 0 atom stereocenters. The predicted octanol–water partition coefficient (Wildman–Crippen LogP) is 3.83. The van der Waals surface area contributed by atoms with E-state index < -0.39 is 0 Å². The van der Waals surface area contributed by atoms with E-state index in [-0.39, 0.29) is 11.8 Å². The van der Waals surface area contributed by atoms with Crippen LogP contribution in [0.5, 0.6) is 0 Å². The van der Waals surface area contributed by atoms with Gasteiger partial charge in [0.1, 0.15) is 17.0 Å². The second-order valence-corrected chi connectivity index (χ2v) is 8.94. The fourth-order valence-corrected chi connectivity index (χ4v) is 5.01. The van der Waals surface area contributed by atoms with E-state index in [0.717, 1.165) is 46.7 Å². The Morgan fingerprint density at radius 1 is 1.19 bits per heavy atom. The molecule has 1 aromatic carbocycles. The average molecular weight is 448 g/mol. The van der Waals surface area contributed by atoms with Gasteiger partial charge in [0.25, 0.3) is 5.91 Å². The number of aromatic nitrogens is 3. The Morgan fingerprint density at radius 3 is 2.75 bits per heavy atom. The van der Waals surface area contributed by atoms with Gasteiger partial charge < -0.3 is 14.8 Å². The SMILES string of the molecule is Cn1c(C(=O)NCCCN2CCCC2=O)cc2c(-c3cccs3)nn(-c3ccccc3)c21. The number of rotatable bonds is 7. The van der Waals surface area contributed by atoms with Crippen molar-refractivity contribution >= 4 is 34.2 Å². The number of fused-ring (bicyclic) bond motifs is 1. The summed E-state index contributed by atoms with van der Waals surface area (Å²) >= 11 is 1.63. The molecule has 3 aromatic heterocycles. The monoisotopic (exact) mass is 447 g/mol. The highest BCUT2D eigenvalue weighted by Crippen LogP contribution is 2.34. The lowest BCUT2D eigenvalue weighted by Gasteiger charge is -2.15. The molecule has 1 N–H and O–H groups in total. The maximum Gasteiger partial charge on any atom is 0.267 e. The van der Waals surface area contributed by atoms with Crippen LogP contribution >= 0.6 is 11.3 Å². The van der Waals surface area contributed by atoms with Crippen LogP contribution in [0, 0.1) is 0 Å². The molecular formula is C24H25N5O2S. The minimum atomic E-state index is -0.117. The minimum absolute atomic E-state index is 0.117. The smallest absolute Gasteiger partial charge is 0.267 e. The molecule has 8 heteroatoms. The zero-order chi connectivity index (χ0) is 22.1. The number of para-hydroxylation sites is 1. The summed E-state index contributed by atoms with van der Waals surface area (Å²) in [5, 5.41) is 10.9. The fraction of sp³-hybridized carbons (Fsp3) is 0.292. The lowest BCUT2D eigenvalue weighted by atomic mass is 10.2. The molecule has 164 valence electrons. The molecule has 2 amide bonds. The third-order valence-electron chi connectivity index (χ3n) is 5.91. The van der Waals surface area contributed by atoms with Gasteiger partial charge in [-0.05, 0) is 42.5 Å². The summed E-state index contributed by atoms with van der Waals surface area (Å²) < 4.78 is 3.81. The zero-order valence-corrected chi connectivity index (χ0v) is 18.8. The van der Waals surface area contributed by atoms with Crippen LogP contribution in [-0.2, 0) is 11.8 Å². The number of nitrogens with zero attached hydrogens (tertiary/aromatic N) is 4. The summed E-state index contributed by atoms with van der Waals surface area (Å²) in [7, 11) is 1.90. The number of likely N-dealkylation sites (tertiary alicyclic amines) is 1. The molecule has 7 nitrogen and oxygen atoms in total. The largest absolute Gasteiger partial charge is 0.351 e. The van der Waals surface area contributed by atoms with Crippen molar-refractivity contribution in [3.63, 3.8) is 0 Å². The normalized spacial score (nSPS) is 13.9. The molecule has 0 unspecified atom stereocenters. The van der Waals surface area contributed by atoms with E-state index in [4.69, 9.17) is 5.10 Å². The summed E-state index contributed by atoms with van der Waals surface area (Å²) in [5.41, 5.74) is 3.30. The van der Waals surface area contributed by atoms with Crippen LogP contribution < -0.4 is 5.32 Å². The van der Waals surface area contributed by atoms with Gasteiger partial charge >= 0.3 is 0 Å². The molecular weight excluding hydrogens is 422 g/mol. The number of thiophene rings is 1. The first-order chi connectivity index (χ1) is 15.6. The van der Waals surface area contributed by atoms with E-state index in [9.17, 15) is 9.59 Å². The van der Waals surface area contributed by atoms with E-state index in [1.54, 1.807) is 11.3 Å². The second kappa shape index (κ2) is 8.63. The Morgan fingerprint density at radius 2 is 2.03 bits per heavy atom. The van der Waals surface area contributed by atoms with Crippen molar-refractivity contribution in [2.45, 2.75) is 19.3 Å². The molecule has 0 saturated carbocycles. The van der Waals surface area contributed by atoms with Crippen LogP contribution in [0.25, 0.3) is 27.3 Å². The molecule has 1 fully saturated rings. The van der Waals surface area contributed by atoms with Crippen LogP contribution in [0.15, 0.2) is 53.9 Å². The van der Waals surface area contributed by atoms with Crippen LogP contribution in [0.2, 0.25) is 0 Å². The molecule has 32 heavy (non-hydrogen) atoms. The number of amides is 2. The van der Waals surface area contributed by atoms with E-state index >= 15 is 0 Å². The summed E-state index contributed by atoms with van der Waals surface area (Å²) in [5.74, 6) is 0.102. The van der Waals surface area contributed by atoms with E-state index in [1.165, 1.54) is 0 Å². The van der Waals surface area contributed by atoms with Crippen molar-refractivity contribution < 1.29 is 9.59 Å². The Balaban J connectivity index is 1.42. The molecule has 0 aliphatic carbocycles. The lowest BCUT2D eigenvalue weighted by molar-refractivity contribution is -0.127. The Bertz CT molecular complexity index is 1260. The van der Waals surface area contributed by atoms with Crippen molar-refractivity contribution in [2.75, 3.05) is 19.6 Å². The number of benzene rings is 1. The Hall–Kier alpha value is -3.39. The first kappa shape index (κ1) is 20.5. The topological polar surface area (TPSA) is 72.2 Å². The molecule has 1 aliphatic rings. The first-order valence-electron chi connectivity index (χ1n) is 10.9. The maximum absolute atomic E-state index is 13.0. The number of hydrogen-bond donors (Lipinski definition) is 1. The van der Waals surface area contributed by atoms with E-state index in [2.05, 4.69) is 5.32 Å². The molecule has 4 aromatic rings. The molecule has 0 spiro atoms. The number of nitrogens with one attached hydrogen (secondary N) is 1. The lowest BCUT2D eigenvalue weighted by Crippen LogP contribution is -2.31. The molecule has 1 aliphatic heterocycles. The van der Waals surface area contributed by atoms with Gasteiger partial charge in [0, 0.05) is 38.5 Å². The van der Waals surface area contributed by atoms with Crippen molar-refractivity contribution in [3.05, 3.63) is 59.6 Å². The van der Waals surface area contributed by atoms with Gasteiger partial charge in [-0.1, -0.05) is 24.3 Å². The van der Waals surface area contributed by atoms with Crippen LogP contribution in [-0.4, -0.2) is 50.7 Å². The molecule has 5 rings (SSSR count). The highest BCUT2D eigenvalue weighted by molar-refractivity contribution is 7.13. The van der Waals surface area contributed by atoms with Crippen LogP contribution in [0.3, 0.4) is 0 Å². The average Bonchev–Trinajstić information content (AvgIpc) is 3.58. The standard InChI is InChI=1S/C24H25N5O2S/c1-27-19(23(31)25-12-7-14-28-13-5-11-21(28)30)16-18-22(20-10-6-15-32-20)26-29(24(18)27)17-8-3-2-4-9-17/h2-4,6,8-10,15-16H,5,7,11-14H2,1H3,(H,25,31). The first-order valence-corrected chi connectivity index (χ1v) is 11.7. The molecule has 0 radical (unpaired) electrons. The maximum atomic E-state index is 13.0. The summed E-state index contributed by atoms with van der Waals surface area (Å²) in [6.45, 7) is 2.06. The van der Waals surface area contributed by atoms with Gasteiger partial charge in [-0.2, -0.15) is 5.10 Å². The van der Waals surface area contributed by atoms with Gasteiger partial charge in [0.15, 0.2) is 0 Å². The summed E-state index contributed by atoms with van der Waals surface area (Å²) in [4.78, 5) is 27.7. The van der Waals surface area contributed by atoms with Crippen LogP contribution in [0.4, 0.5) is 0 Å². The van der Waals surface area contributed by atoms with Crippen molar-refractivity contribution in [1.29, 1.82) is 0 Å². The predicted molar refractivity (Wildman–Crippen MR) is 126 cm³/mol. The van der Waals surface area contributed by atoms with Gasteiger partial charge in [-0.3, -0.25) is 9.59 Å². The van der Waals surface area contributed by atoms with Crippen LogP contribution in [0.1, 0.15) is 29.8 Å². The molecule has 0 bridgehead atoms. The highest BCUT2D eigenvalue weighted by Gasteiger charge is 2.23. The highest BCUT2D eigenvalue weighted by atomic mass is 32.1. The number of aryl methyl sites for hydroxylation is 1. The third kappa shape index (κ3) is 3.71. The van der Waals surface area contributed by atoms with Gasteiger partial charge in [0.2, 0.25) is 5.91 Å². The van der Waals surface area contributed by atoms with Crippen molar-refractivity contribution in [1.82, 2.24) is 24.6 Å². The van der Waals surface area contributed by atoms with Crippen molar-refractivity contribution in [2.24, 2.45) is 7.05 Å². The second-order valence-electron chi connectivity index (χ2n) is 7.99. The number of carbonyl (C=O) groups excluding carboxylic acids is 2. The Labute approximate surface area is 190 Å². The number of hydrogen-bond acceptors (Lipinski definition) is 4. The van der Waals surface area contributed by atoms with E-state index in [1.807, 2.05) is 75.1 Å². The fourth-order valence-electron chi connectivity index (χ4n) is 4.29. The van der Waals surface area contributed by atoms with E-state index in [0.29, 0.717) is 25.2 Å². The molecule has 4 heterocycles. The van der Waals surface area contributed by atoms with Gasteiger partial charge in [-0.15, -0.1) is 11.3 Å². The minimum Gasteiger partial charge on any atom is -0.351 e. The van der Waals surface area contributed by atoms with Crippen molar-refractivity contribution in [3.8, 4) is 16.3 Å². The van der Waals surface area contributed by atoms with Gasteiger partial charge in [-0.25, -0.2) is 4.68 Å². The quantitative estimate of drug-likeness (QED) is 0.438. The Kier molecular flexibility index (Phi) is 5.53. The third-order valence-corrected chi connectivity index (χ3v) is 6.78. The summed E-state index contributed by atoms with van der Waals surface area (Å²) in [6.07, 6.45) is 2.33. The zero-order valence-electron chi connectivity index (χ0n) is 18.0. The van der Waals surface area contributed by atoms with Gasteiger partial charge in [0.05, 0.1) is 10.6 Å².